The minimum atomic E-state index is -0.0144. The SMILES string of the molecule is Cc1ccc(C=C2SC(=S)N(Cc3ccccc3)C2=O)cc1. The van der Waals surface area contributed by atoms with Gasteiger partial charge in [-0.2, -0.15) is 0 Å². The molecular weight excluding hydrogens is 310 g/mol. The van der Waals surface area contributed by atoms with Crippen LogP contribution in [0.4, 0.5) is 0 Å². The molecule has 1 heterocycles. The summed E-state index contributed by atoms with van der Waals surface area (Å²) in [5.41, 5.74) is 3.30. The number of rotatable bonds is 3. The molecule has 0 N–H and O–H groups in total. The summed E-state index contributed by atoms with van der Waals surface area (Å²) >= 11 is 6.73. The molecule has 0 saturated carbocycles. The summed E-state index contributed by atoms with van der Waals surface area (Å²) in [6.07, 6.45) is 1.91. The fourth-order valence-corrected chi connectivity index (χ4v) is 3.47. The molecule has 110 valence electrons. The summed E-state index contributed by atoms with van der Waals surface area (Å²) in [6.45, 7) is 2.57. The van der Waals surface area contributed by atoms with Gasteiger partial charge in [-0.25, -0.2) is 0 Å². The van der Waals surface area contributed by atoms with Crippen molar-refractivity contribution in [2.45, 2.75) is 13.5 Å². The van der Waals surface area contributed by atoms with Crippen LogP contribution in [0.2, 0.25) is 0 Å². The first kappa shape index (κ1) is 15.0. The first-order chi connectivity index (χ1) is 10.6. The van der Waals surface area contributed by atoms with Crippen molar-refractivity contribution in [3.05, 3.63) is 76.2 Å². The van der Waals surface area contributed by atoms with Gasteiger partial charge in [0.05, 0.1) is 11.4 Å². The molecule has 0 atom stereocenters. The summed E-state index contributed by atoms with van der Waals surface area (Å²) in [6, 6.07) is 18.0. The Bertz CT molecular complexity index is 735. The molecule has 2 nitrogen and oxygen atoms in total. The quantitative estimate of drug-likeness (QED) is 0.616. The van der Waals surface area contributed by atoms with Crippen molar-refractivity contribution >= 4 is 40.3 Å². The second kappa shape index (κ2) is 6.46. The molecule has 0 aliphatic carbocycles. The topological polar surface area (TPSA) is 20.3 Å². The summed E-state index contributed by atoms with van der Waals surface area (Å²) in [5, 5.41) is 0. The van der Waals surface area contributed by atoms with E-state index in [1.807, 2.05) is 67.6 Å². The predicted molar refractivity (Wildman–Crippen MR) is 96.3 cm³/mol. The van der Waals surface area contributed by atoms with Gasteiger partial charge < -0.3 is 0 Å². The molecule has 1 aliphatic heterocycles. The van der Waals surface area contributed by atoms with Crippen LogP contribution in [0.5, 0.6) is 0 Å². The number of nitrogens with zero attached hydrogens (tertiary/aromatic N) is 1. The lowest BCUT2D eigenvalue weighted by molar-refractivity contribution is -0.122. The molecule has 1 saturated heterocycles. The normalized spacial score (nSPS) is 16.6. The van der Waals surface area contributed by atoms with Crippen molar-refractivity contribution in [2.75, 3.05) is 0 Å². The van der Waals surface area contributed by atoms with Crippen LogP contribution < -0.4 is 0 Å². The third-order valence-corrected chi connectivity index (χ3v) is 4.81. The van der Waals surface area contributed by atoms with Crippen molar-refractivity contribution in [1.29, 1.82) is 0 Å². The van der Waals surface area contributed by atoms with E-state index in [1.54, 1.807) is 4.90 Å². The van der Waals surface area contributed by atoms with Crippen LogP contribution in [0, 0.1) is 6.92 Å². The number of hydrogen-bond acceptors (Lipinski definition) is 3. The minimum absolute atomic E-state index is 0.0144. The summed E-state index contributed by atoms with van der Waals surface area (Å²) in [5.74, 6) is -0.0144. The van der Waals surface area contributed by atoms with Gasteiger partial charge in [0.2, 0.25) is 0 Å². The fraction of sp³-hybridized carbons (Fsp3) is 0.111. The van der Waals surface area contributed by atoms with Gasteiger partial charge >= 0.3 is 0 Å². The Balaban J connectivity index is 1.80. The van der Waals surface area contributed by atoms with Crippen molar-refractivity contribution in [1.82, 2.24) is 4.90 Å². The molecule has 0 spiro atoms. The van der Waals surface area contributed by atoms with Gasteiger partial charge in [-0.05, 0) is 24.1 Å². The van der Waals surface area contributed by atoms with E-state index in [9.17, 15) is 4.79 Å². The van der Waals surface area contributed by atoms with Crippen LogP contribution in [0.25, 0.3) is 6.08 Å². The van der Waals surface area contributed by atoms with Crippen LogP contribution in [0.3, 0.4) is 0 Å². The molecule has 22 heavy (non-hydrogen) atoms. The molecular formula is C18H15NOS2. The minimum Gasteiger partial charge on any atom is -0.288 e. The number of aryl methyl sites for hydroxylation is 1. The van der Waals surface area contributed by atoms with Gasteiger partial charge in [-0.15, -0.1) is 0 Å². The van der Waals surface area contributed by atoms with E-state index in [2.05, 4.69) is 0 Å². The number of amides is 1. The van der Waals surface area contributed by atoms with E-state index in [0.717, 1.165) is 11.1 Å². The van der Waals surface area contributed by atoms with E-state index >= 15 is 0 Å². The van der Waals surface area contributed by atoms with Crippen LogP contribution in [-0.4, -0.2) is 15.1 Å². The second-order valence-corrected chi connectivity index (χ2v) is 6.84. The van der Waals surface area contributed by atoms with Gasteiger partial charge in [0, 0.05) is 0 Å². The Morgan fingerprint density at radius 1 is 1.09 bits per heavy atom. The van der Waals surface area contributed by atoms with E-state index < -0.39 is 0 Å². The molecule has 1 amide bonds. The van der Waals surface area contributed by atoms with Crippen molar-refractivity contribution in [2.24, 2.45) is 0 Å². The Hall–Kier alpha value is -1.91. The van der Waals surface area contributed by atoms with Gasteiger partial charge in [-0.3, -0.25) is 9.69 Å². The molecule has 2 aromatic rings. The molecule has 0 aromatic heterocycles. The van der Waals surface area contributed by atoms with Crippen LogP contribution in [0.15, 0.2) is 59.5 Å². The molecule has 2 aromatic carbocycles. The molecule has 3 rings (SSSR count). The van der Waals surface area contributed by atoms with E-state index in [1.165, 1.54) is 17.3 Å². The highest BCUT2D eigenvalue weighted by molar-refractivity contribution is 8.26. The maximum absolute atomic E-state index is 12.5. The first-order valence-electron chi connectivity index (χ1n) is 6.99. The van der Waals surface area contributed by atoms with Crippen molar-refractivity contribution in [3.8, 4) is 0 Å². The molecule has 1 aliphatic rings. The van der Waals surface area contributed by atoms with Crippen LogP contribution in [0.1, 0.15) is 16.7 Å². The Kier molecular flexibility index (Phi) is 4.41. The molecule has 0 radical (unpaired) electrons. The summed E-state index contributed by atoms with van der Waals surface area (Å²) < 4.78 is 0.618. The lowest BCUT2D eigenvalue weighted by atomic mass is 10.1. The molecule has 1 fully saturated rings. The van der Waals surface area contributed by atoms with Gasteiger partial charge in [0.25, 0.3) is 5.91 Å². The number of thiocarbonyl (C=S) groups is 1. The Morgan fingerprint density at radius 3 is 2.45 bits per heavy atom. The van der Waals surface area contributed by atoms with Crippen molar-refractivity contribution in [3.63, 3.8) is 0 Å². The molecule has 4 heteroatoms. The highest BCUT2D eigenvalue weighted by Crippen LogP contribution is 2.33. The number of carbonyl (C=O) groups excluding carboxylic acids is 1. The van der Waals surface area contributed by atoms with E-state index in [4.69, 9.17) is 12.2 Å². The summed E-state index contributed by atoms with van der Waals surface area (Å²) in [4.78, 5) is 14.9. The standard InChI is InChI=1S/C18H15NOS2/c1-13-7-9-14(10-8-13)11-16-17(20)19(18(21)22-16)12-15-5-3-2-4-6-15/h2-11H,12H2,1H3. The van der Waals surface area contributed by atoms with Crippen LogP contribution in [-0.2, 0) is 11.3 Å². The largest absolute Gasteiger partial charge is 0.288 e. The average molecular weight is 325 g/mol. The lowest BCUT2D eigenvalue weighted by Gasteiger charge is -2.14. The van der Waals surface area contributed by atoms with Crippen LogP contribution >= 0.6 is 24.0 Å². The smallest absolute Gasteiger partial charge is 0.266 e. The number of thioether (sulfide) groups is 1. The zero-order valence-electron chi connectivity index (χ0n) is 12.2. The predicted octanol–water partition coefficient (Wildman–Crippen LogP) is 4.40. The zero-order chi connectivity index (χ0) is 15.5. The average Bonchev–Trinajstić information content (AvgIpc) is 2.78. The van der Waals surface area contributed by atoms with E-state index in [0.29, 0.717) is 15.8 Å². The third kappa shape index (κ3) is 3.29. The maximum Gasteiger partial charge on any atom is 0.266 e. The number of benzene rings is 2. The maximum atomic E-state index is 12.5. The highest BCUT2D eigenvalue weighted by Gasteiger charge is 2.31. The monoisotopic (exact) mass is 325 g/mol. The van der Waals surface area contributed by atoms with E-state index in [-0.39, 0.29) is 5.91 Å². The number of carbonyl (C=O) groups is 1. The third-order valence-electron chi connectivity index (χ3n) is 3.43. The Labute approximate surface area is 139 Å². The lowest BCUT2D eigenvalue weighted by Crippen LogP contribution is -2.27. The van der Waals surface area contributed by atoms with Gasteiger partial charge in [0.1, 0.15) is 4.32 Å². The van der Waals surface area contributed by atoms with Gasteiger partial charge in [-0.1, -0.05) is 84.1 Å². The summed E-state index contributed by atoms with van der Waals surface area (Å²) in [7, 11) is 0. The molecule has 0 unspecified atom stereocenters. The molecule has 0 bridgehead atoms. The first-order valence-corrected chi connectivity index (χ1v) is 8.22. The van der Waals surface area contributed by atoms with Gasteiger partial charge in [0.15, 0.2) is 0 Å². The second-order valence-electron chi connectivity index (χ2n) is 5.16. The zero-order valence-corrected chi connectivity index (χ0v) is 13.8. The fourth-order valence-electron chi connectivity index (χ4n) is 2.22. The van der Waals surface area contributed by atoms with Crippen molar-refractivity contribution < 1.29 is 4.79 Å². The number of hydrogen-bond donors (Lipinski definition) is 0. The Morgan fingerprint density at radius 2 is 1.77 bits per heavy atom. The highest BCUT2D eigenvalue weighted by atomic mass is 32.2.